The van der Waals surface area contributed by atoms with Gasteiger partial charge in [0.15, 0.2) is 5.69 Å². The summed E-state index contributed by atoms with van der Waals surface area (Å²) in [7, 11) is 1.56. The summed E-state index contributed by atoms with van der Waals surface area (Å²) in [6.45, 7) is 8.69. The van der Waals surface area contributed by atoms with Gasteiger partial charge in [-0.2, -0.15) is 14.4 Å². The van der Waals surface area contributed by atoms with Gasteiger partial charge < -0.3 is 9.47 Å². The minimum Gasteiger partial charge on any atom is -0.493 e. The number of nitrogens with one attached hydrogen (secondary N) is 1. The molecular weight excluding hydrogens is 408 g/mol. The van der Waals surface area contributed by atoms with Gasteiger partial charge in [-0.1, -0.05) is 11.2 Å². The van der Waals surface area contributed by atoms with Crippen LogP contribution in [-0.2, 0) is 13.7 Å². The average molecular weight is 436 g/mol. The zero-order chi connectivity index (χ0) is 22.8. The third-order valence-electron chi connectivity index (χ3n) is 5.41. The second-order valence-corrected chi connectivity index (χ2v) is 7.66. The van der Waals surface area contributed by atoms with Crippen molar-refractivity contribution in [2.24, 2.45) is 12.1 Å². The van der Waals surface area contributed by atoms with Gasteiger partial charge in [0.25, 0.3) is 0 Å². The molecule has 4 rings (SSSR count). The predicted octanol–water partition coefficient (Wildman–Crippen LogP) is 2.06. The summed E-state index contributed by atoms with van der Waals surface area (Å²) < 4.78 is 14.4. The molecule has 1 aromatic heterocycles. The Balaban J connectivity index is 1.62. The van der Waals surface area contributed by atoms with E-state index in [9.17, 15) is 4.79 Å². The maximum absolute atomic E-state index is 12.4. The van der Waals surface area contributed by atoms with E-state index < -0.39 is 0 Å². The Kier molecular flexibility index (Phi) is 5.91. The first-order valence-corrected chi connectivity index (χ1v) is 10.5. The minimum atomic E-state index is -0.340. The largest absolute Gasteiger partial charge is 0.493 e. The van der Waals surface area contributed by atoms with Crippen molar-refractivity contribution in [1.29, 1.82) is 0 Å². The summed E-state index contributed by atoms with van der Waals surface area (Å²) in [5.41, 5.74) is 5.22. The summed E-state index contributed by atoms with van der Waals surface area (Å²) in [4.78, 5) is 12.4. The lowest BCUT2D eigenvalue weighted by molar-refractivity contribution is -0.779. The lowest BCUT2D eigenvalue weighted by atomic mass is 10.1. The molecule has 0 saturated heterocycles. The summed E-state index contributed by atoms with van der Waals surface area (Å²) in [5, 5.41) is 13.4. The van der Waals surface area contributed by atoms with E-state index in [1.165, 1.54) is 14.9 Å². The number of rotatable bonds is 7. The third kappa shape index (κ3) is 4.06. The van der Waals surface area contributed by atoms with E-state index in [2.05, 4.69) is 34.7 Å². The Hall–Kier alpha value is -3.72. The second kappa shape index (κ2) is 8.80. The molecule has 1 unspecified atom stereocenters. The zero-order valence-corrected chi connectivity index (χ0v) is 18.9. The first-order valence-electron chi connectivity index (χ1n) is 10.5. The minimum absolute atomic E-state index is 0.210. The van der Waals surface area contributed by atoms with E-state index in [0.29, 0.717) is 18.0 Å². The van der Waals surface area contributed by atoms with Gasteiger partial charge in [-0.15, -0.1) is 0 Å². The number of hydrogen-bond donors (Lipinski definition) is 1. The van der Waals surface area contributed by atoms with Crippen LogP contribution in [0.1, 0.15) is 31.9 Å². The van der Waals surface area contributed by atoms with Crippen LogP contribution in [-0.4, -0.2) is 32.1 Å². The smallest absolute Gasteiger partial charge is 0.368 e. The van der Waals surface area contributed by atoms with Gasteiger partial charge in [-0.25, -0.2) is 4.79 Å². The van der Waals surface area contributed by atoms with E-state index >= 15 is 0 Å². The van der Waals surface area contributed by atoms with Gasteiger partial charge in [0.2, 0.25) is 0 Å². The van der Waals surface area contributed by atoms with Crippen molar-refractivity contribution in [1.82, 2.24) is 19.8 Å². The van der Waals surface area contributed by atoms with Crippen LogP contribution >= 0.6 is 0 Å². The molecule has 1 atom stereocenters. The van der Waals surface area contributed by atoms with E-state index in [1.54, 1.807) is 13.1 Å². The first-order chi connectivity index (χ1) is 15.4. The molecule has 0 amide bonds. The van der Waals surface area contributed by atoms with Gasteiger partial charge in [-0.05, 0) is 61.9 Å². The van der Waals surface area contributed by atoms with Gasteiger partial charge in [0, 0.05) is 24.8 Å². The molecule has 32 heavy (non-hydrogen) atoms. The molecule has 1 aliphatic rings. The normalized spacial score (nSPS) is 15.5. The SMILES string of the molecule is CCOc1cccc(-n2nnn(C)c2=O)c1COc1ccc([NH+]2C=C(C)C(C)=N2)cc1C. The van der Waals surface area contributed by atoms with Crippen LogP contribution in [0.5, 0.6) is 11.5 Å². The number of benzene rings is 2. The standard InChI is InChI=1S/C23H26N6O3/c1-6-31-22-9-7-8-20(29-23(30)27(5)25-26-29)19(22)14-32-21-11-10-18(12-15(21)2)28-13-16(3)17(4)24-28/h7-13H,6,14H2,1-5H3/p+1. The lowest BCUT2D eigenvalue weighted by Crippen LogP contribution is -2.96. The highest BCUT2D eigenvalue weighted by molar-refractivity contribution is 5.97. The maximum atomic E-state index is 12.4. The van der Waals surface area contributed by atoms with E-state index in [0.717, 1.165) is 33.3 Å². The number of hydrogen-bond acceptors (Lipinski definition) is 6. The van der Waals surface area contributed by atoms with Crippen molar-refractivity contribution in [2.45, 2.75) is 34.3 Å². The Bertz CT molecular complexity index is 1250. The van der Waals surface area contributed by atoms with Gasteiger partial charge in [0.05, 0.1) is 17.9 Å². The molecule has 2 heterocycles. The van der Waals surface area contributed by atoms with Crippen LogP contribution in [0.25, 0.3) is 5.69 Å². The molecule has 0 saturated carbocycles. The molecule has 0 aliphatic carbocycles. The van der Waals surface area contributed by atoms with Gasteiger partial charge >= 0.3 is 5.69 Å². The summed E-state index contributed by atoms with van der Waals surface area (Å²) >= 11 is 0. The van der Waals surface area contributed by atoms with Gasteiger partial charge in [-0.3, -0.25) is 0 Å². The van der Waals surface area contributed by atoms with Crippen LogP contribution in [0.4, 0.5) is 5.69 Å². The molecule has 1 aliphatic heterocycles. The fraction of sp³-hybridized carbons (Fsp3) is 0.304. The number of allylic oxidation sites excluding steroid dienone is 1. The topological polar surface area (TPSA) is 88.0 Å². The second-order valence-electron chi connectivity index (χ2n) is 7.66. The van der Waals surface area contributed by atoms with Crippen molar-refractivity contribution >= 4 is 11.4 Å². The zero-order valence-electron chi connectivity index (χ0n) is 18.9. The Morgan fingerprint density at radius 3 is 2.47 bits per heavy atom. The number of aromatic nitrogens is 4. The highest BCUT2D eigenvalue weighted by Crippen LogP contribution is 2.28. The molecule has 0 bridgehead atoms. The molecule has 0 spiro atoms. The highest BCUT2D eigenvalue weighted by Gasteiger charge is 2.20. The fourth-order valence-corrected chi connectivity index (χ4v) is 3.53. The highest BCUT2D eigenvalue weighted by atomic mass is 16.5. The van der Waals surface area contributed by atoms with Crippen molar-refractivity contribution in [3.8, 4) is 17.2 Å². The number of nitrogens with zero attached hydrogens (tertiary/aromatic N) is 5. The van der Waals surface area contributed by atoms with Crippen LogP contribution < -0.4 is 20.2 Å². The average Bonchev–Trinajstić information content (AvgIpc) is 3.29. The van der Waals surface area contributed by atoms with E-state index in [-0.39, 0.29) is 12.3 Å². The molecule has 9 nitrogen and oxygen atoms in total. The predicted molar refractivity (Wildman–Crippen MR) is 121 cm³/mol. The van der Waals surface area contributed by atoms with Crippen molar-refractivity contribution in [2.75, 3.05) is 6.61 Å². The number of ether oxygens (including phenoxy) is 2. The fourth-order valence-electron chi connectivity index (χ4n) is 3.53. The molecule has 166 valence electrons. The molecule has 9 heteroatoms. The Morgan fingerprint density at radius 1 is 1.03 bits per heavy atom. The van der Waals surface area contributed by atoms with Crippen LogP contribution in [0.15, 0.2) is 58.1 Å². The molecule has 2 aromatic carbocycles. The van der Waals surface area contributed by atoms with Crippen molar-refractivity contribution in [3.05, 3.63) is 69.8 Å². The number of aryl methyl sites for hydroxylation is 2. The molecular formula is C23H27N6O3+. The number of quaternary nitrogens is 1. The Morgan fingerprint density at radius 2 is 1.84 bits per heavy atom. The van der Waals surface area contributed by atoms with Crippen LogP contribution in [0.2, 0.25) is 0 Å². The lowest BCUT2D eigenvalue weighted by Gasteiger charge is -2.16. The summed E-state index contributed by atoms with van der Waals surface area (Å²) in [5.74, 6) is 1.39. The quantitative estimate of drug-likeness (QED) is 0.614. The van der Waals surface area contributed by atoms with Crippen LogP contribution in [0.3, 0.4) is 0 Å². The molecule has 3 aromatic rings. The first kappa shape index (κ1) is 21.5. The van der Waals surface area contributed by atoms with Crippen molar-refractivity contribution < 1.29 is 14.5 Å². The number of tetrazole rings is 1. The van der Waals surface area contributed by atoms with Crippen molar-refractivity contribution in [3.63, 3.8) is 0 Å². The molecule has 0 radical (unpaired) electrons. The summed E-state index contributed by atoms with van der Waals surface area (Å²) in [6, 6.07) is 11.5. The monoisotopic (exact) mass is 435 g/mol. The Labute approximate surface area is 186 Å². The third-order valence-corrected chi connectivity index (χ3v) is 5.41. The maximum Gasteiger partial charge on any atom is 0.368 e. The van der Waals surface area contributed by atoms with Gasteiger partial charge in [0.1, 0.15) is 30.0 Å². The molecule has 0 fully saturated rings. The van der Waals surface area contributed by atoms with Crippen LogP contribution in [0, 0.1) is 6.92 Å². The summed E-state index contributed by atoms with van der Waals surface area (Å²) in [6.07, 6.45) is 2.09. The molecule has 1 N–H and O–H groups in total. The van der Waals surface area contributed by atoms with E-state index in [4.69, 9.17) is 9.47 Å². The van der Waals surface area contributed by atoms with E-state index in [1.807, 2.05) is 45.0 Å².